The highest BCUT2D eigenvalue weighted by Gasteiger charge is 2.45. The lowest BCUT2D eigenvalue weighted by Crippen LogP contribution is -2.41. The molecule has 0 saturated heterocycles. The predicted molar refractivity (Wildman–Crippen MR) is 69.3 cm³/mol. The van der Waals surface area contributed by atoms with Gasteiger partial charge in [0.1, 0.15) is 6.04 Å². The Hall–Kier alpha value is -1.35. The van der Waals surface area contributed by atoms with Crippen molar-refractivity contribution in [3.8, 4) is 0 Å². The largest absolute Gasteiger partial charge is 0.468 e. The van der Waals surface area contributed by atoms with Crippen LogP contribution in [-0.2, 0) is 9.53 Å². The van der Waals surface area contributed by atoms with Crippen molar-refractivity contribution in [1.82, 2.24) is 5.32 Å². The van der Waals surface area contributed by atoms with Crippen molar-refractivity contribution in [2.24, 2.45) is 5.92 Å². The molecule has 1 N–H and O–H groups in total. The molecule has 3 nitrogen and oxygen atoms in total. The molecule has 2 saturated carbocycles. The van der Waals surface area contributed by atoms with Crippen LogP contribution in [0.2, 0.25) is 0 Å². The molecule has 18 heavy (non-hydrogen) atoms. The molecule has 0 aliphatic heterocycles. The second-order valence-corrected chi connectivity index (χ2v) is 5.36. The topological polar surface area (TPSA) is 38.3 Å². The highest BCUT2D eigenvalue weighted by molar-refractivity contribution is 5.76. The van der Waals surface area contributed by atoms with Gasteiger partial charge in [-0.1, -0.05) is 30.3 Å². The number of ether oxygens (including phenoxy) is 1. The number of carbonyl (C=O) groups is 1. The first-order valence-corrected chi connectivity index (χ1v) is 6.68. The van der Waals surface area contributed by atoms with E-state index in [0.717, 1.165) is 19.3 Å². The van der Waals surface area contributed by atoms with Crippen molar-refractivity contribution in [3.05, 3.63) is 35.9 Å². The van der Waals surface area contributed by atoms with Crippen LogP contribution in [0.25, 0.3) is 0 Å². The van der Waals surface area contributed by atoms with Gasteiger partial charge in [0.25, 0.3) is 0 Å². The molecule has 3 rings (SSSR count). The third-order valence-electron chi connectivity index (χ3n) is 3.96. The van der Waals surface area contributed by atoms with Crippen LogP contribution < -0.4 is 5.32 Å². The first-order chi connectivity index (χ1) is 8.79. The van der Waals surface area contributed by atoms with Gasteiger partial charge >= 0.3 is 5.97 Å². The van der Waals surface area contributed by atoms with Crippen LogP contribution in [0.5, 0.6) is 0 Å². The van der Waals surface area contributed by atoms with Gasteiger partial charge in [0.15, 0.2) is 0 Å². The van der Waals surface area contributed by atoms with E-state index >= 15 is 0 Å². The normalized spacial score (nSPS) is 27.6. The minimum Gasteiger partial charge on any atom is -0.468 e. The van der Waals surface area contributed by atoms with Crippen molar-refractivity contribution < 1.29 is 9.53 Å². The zero-order valence-electron chi connectivity index (χ0n) is 10.6. The Morgan fingerprint density at radius 1 is 1.33 bits per heavy atom. The Morgan fingerprint density at radius 3 is 2.67 bits per heavy atom. The molecule has 0 aromatic heterocycles. The first kappa shape index (κ1) is 11.7. The SMILES string of the molecule is COC(=O)C(NC1CC1c1ccccc1)C1CC1. The molecule has 0 heterocycles. The lowest BCUT2D eigenvalue weighted by atomic mass is 10.1. The number of hydrogen-bond donors (Lipinski definition) is 1. The molecular formula is C15H19NO2. The number of esters is 1. The molecule has 0 bridgehead atoms. The third-order valence-corrected chi connectivity index (χ3v) is 3.96. The maximum atomic E-state index is 11.7. The molecule has 0 amide bonds. The number of methoxy groups -OCH3 is 1. The number of benzene rings is 1. The van der Waals surface area contributed by atoms with Crippen LogP contribution >= 0.6 is 0 Å². The zero-order valence-corrected chi connectivity index (χ0v) is 10.6. The molecule has 0 spiro atoms. The summed E-state index contributed by atoms with van der Waals surface area (Å²) in [5.41, 5.74) is 1.37. The second-order valence-electron chi connectivity index (χ2n) is 5.36. The van der Waals surface area contributed by atoms with Crippen LogP contribution in [-0.4, -0.2) is 25.2 Å². The van der Waals surface area contributed by atoms with Crippen molar-refractivity contribution in [2.75, 3.05) is 7.11 Å². The van der Waals surface area contributed by atoms with Crippen molar-refractivity contribution >= 4 is 5.97 Å². The molecule has 2 fully saturated rings. The number of carbonyl (C=O) groups excluding carboxylic acids is 1. The molecular weight excluding hydrogens is 226 g/mol. The average Bonchev–Trinajstić information content (AvgIpc) is 3.28. The Kier molecular flexibility index (Phi) is 3.08. The van der Waals surface area contributed by atoms with E-state index in [2.05, 4.69) is 29.6 Å². The molecule has 2 aliphatic carbocycles. The Balaban J connectivity index is 1.59. The minimum atomic E-state index is -0.101. The van der Waals surface area contributed by atoms with E-state index in [1.807, 2.05) is 6.07 Å². The van der Waals surface area contributed by atoms with Gasteiger partial charge < -0.3 is 10.1 Å². The van der Waals surface area contributed by atoms with E-state index in [1.165, 1.54) is 12.7 Å². The van der Waals surface area contributed by atoms with E-state index in [-0.39, 0.29) is 12.0 Å². The highest BCUT2D eigenvalue weighted by Crippen LogP contribution is 2.43. The highest BCUT2D eigenvalue weighted by atomic mass is 16.5. The fourth-order valence-corrected chi connectivity index (χ4v) is 2.63. The van der Waals surface area contributed by atoms with E-state index in [9.17, 15) is 4.79 Å². The van der Waals surface area contributed by atoms with Crippen LogP contribution in [0, 0.1) is 5.92 Å². The quantitative estimate of drug-likeness (QED) is 0.807. The molecule has 3 atom stereocenters. The first-order valence-electron chi connectivity index (χ1n) is 6.68. The standard InChI is InChI=1S/C15H19NO2/c1-18-15(17)14(11-7-8-11)16-13-9-12(13)10-5-3-2-4-6-10/h2-6,11-14,16H,7-9H2,1H3. The van der Waals surface area contributed by atoms with Gasteiger partial charge in [0.2, 0.25) is 0 Å². The summed E-state index contributed by atoms with van der Waals surface area (Å²) in [6, 6.07) is 10.9. The summed E-state index contributed by atoms with van der Waals surface area (Å²) < 4.78 is 4.88. The van der Waals surface area contributed by atoms with Gasteiger partial charge in [-0.15, -0.1) is 0 Å². The molecule has 0 radical (unpaired) electrons. The van der Waals surface area contributed by atoms with Crippen LogP contribution in [0.3, 0.4) is 0 Å². The monoisotopic (exact) mass is 245 g/mol. The summed E-state index contributed by atoms with van der Waals surface area (Å²) >= 11 is 0. The fraction of sp³-hybridized carbons (Fsp3) is 0.533. The smallest absolute Gasteiger partial charge is 0.323 e. The summed E-state index contributed by atoms with van der Waals surface area (Å²) in [6.45, 7) is 0. The van der Waals surface area contributed by atoms with Crippen molar-refractivity contribution in [2.45, 2.75) is 37.3 Å². The van der Waals surface area contributed by atoms with Crippen LogP contribution in [0.4, 0.5) is 0 Å². The molecule has 3 unspecified atom stereocenters. The Labute approximate surface area is 108 Å². The Morgan fingerprint density at radius 2 is 2.06 bits per heavy atom. The predicted octanol–water partition coefficient (Wildman–Crippen LogP) is 2.08. The van der Waals surface area contributed by atoms with E-state index in [1.54, 1.807) is 0 Å². The maximum Gasteiger partial charge on any atom is 0.323 e. The van der Waals surface area contributed by atoms with Gasteiger partial charge in [0.05, 0.1) is 7.11 Å². The van der Waals surface area contributed by atoms with Crippen LogP contribution in [0.1, 0.15) is 30.7 Å². The van der Waals surface area contributed by atoms with Gasteiger partial charge in [-0.05, 0) is 30.7 Å². The summed E-state index contributed by atoms with van der Waals surface area (Å²) in [5, 5.41) is 3.48. The summed E-state index contributed by atoms with van der Waals surface area (Å²) in [5.74, 6) is 0.961. The van der Waals surface area contributed by atoms with E-state index in [4.69, 9.17) is 4.74 Å². The maximum absolute atomic E-state index is 11.7. The molecule has 3 heteroatoms. The third kappa shape index (κ3) is 2.41. The second kappa shape index (κ2) is 4.73. The molecule has 2 aliphatic rings. The minimum absolute atomic E-state index is 0.0892. The van der Waals surface area contributed by atoms with Gasteiger partial charge in [-0.2, -0.15) is 0 Å². The van der Waals surface area contributed by atoms with Gasteiger partial charge in [0, 0.05) is 12.0 Å². The molecule has 96 valence electrons. The number of rotatable bonds is 5. The van der Waals surface area contributed by atoms with Gasteiger partial charge in [-0.25, -0.2) is 0 Å². The number of nitrogens with one attached hydrogen (secondary N) is 1. The van der Waals surface area contributed by atoms with E-state index in [0.29, 0.717) is 17.9 Å². The van der Waals surface area contributed by atoms with Crippen molar-refractivity contribution in [1.29, 1.82) is 0 Å². The Bertz CT molecular complexity index is 427. The lowest BCUT2D eigenvalue weighted by molar-refractivity contribution is -0.143. The average molecular weight is 245 g/mol. The van der Waals surface area contributed by atoms with E-state index < -0.39 is 0 Å². The summed E-state index contributed by atoms with van der Waals surface area (Å²) in [6.07, 6.45) is 3.43. The summed E-state index contributed by atoms with van der Waals surface area (Å²) in [4.78, 5) is 11.7. The zero-order chi connectivity index (χ0) is 12.5. The van der Waals surface area contributed by atoms with Gasteiger partial charge in [-0.3, -0.25) is 4.79 Å². The molecule has 1 aromatic rings. The number of hydrogen-bond acceptors (Lipinski definition) is 3. The molecule has 1 aromatic carbocycles. The fourth-order valence-electron chi connectivity index (χ4n) is 2.63. The van der Waals surface area contributed by atoms with Crippen LogP contribution in [0.15, 0.2) is 30.3 Å². The lowest BCUT2D eigenvalue weighted by Gasteiger charge is -2.15. The van der Waals surface area contributed by atoms with Crippen molar-refractivity contribution in [3.63, 3.8) is 0 Å². The summed E-state index contributed by atoms with van der Waals surface area (Å²) in [7, 11) is 1.47.